The smallest absolute Gasteiger partial charge is 0.263 e. The molecule has 1 N–H and O–H groups in total. The van der Waals surface area contributed by atoms with Crippen LogP contribution in [0.25, 0.3) is 21.1 Å². The summed E-state index contributed by atoms with van der Waals surface area (Å²) in [5.41, 5.74) is 1.97. The standard InChI is InChI=1S/C23H22N4O3S2/c1-3-30-17-8-6-16(7-9-17)18-13-20(28)27(14-25-18)11-10-24-22(29)21-15(2)26-23(32-21)19-5-4-12-31-19/h4-9,12-14H,3,10-11H2,1-2H3,(H,24,29). The number of carbonyl (C=O) groups excluding carboxylic acids is 1. The van der Waals surface area contributed by atoms with E-state index in [0.29, 0.717) is 36.0 Å². The van der Waals surface area contributed by atoms with Crippen LogP contribution in [0.15, 0.2) is 59.0 Å². The van der Waals surface area contributed by atoms with Gasteiger partial charge in [0.05, 0.1) is 29.2 Å². The fourth-order valence-corrected chi connectivity index (χ4v) is 4.90. The zero-order valence-electron chi connectivity index (χ0n) is 17.7. The van der Waals surface area contributed by atoms with Crippen LogP contribution >= 0.6 is 22.7 Å². The van der Waals surface area contributed by atoms with Gasteiger partial charge in [0.25, 0.3) is 11.5 Å². The average molecular weight is 467 g/mol. The van der Waals surface area contributed by atoms with Crippen LogP contribution in [0.1, 0.15) is 22.3 Å². The van der Waals surface area contributed by atoms with Gasteiger partial charge < -0.3 is 10.1 Å². The number of amides is 1. The third-order valence-electron chi connectivity index (χ3n) is 4.71. The number of thiazole rings is 1. The Morgan fingerprint density at radius 3 is 2.72 bits per heavy atom. The molecular formula is C23H22N4O3S2. The van der Waals surface area contributed by atoms with Gasteiger partial charge in [-0.25, -0.2) is 9.97 Å². The number of hydrogen-bond acceptors (Lipinski definition) is 7. The summed E-state index contributed by atoms with van der Waals surface area (Å²) in [6, 6.07) is 12.9. The van der Waals surface area contributed by atoms with Gasteiger partial charge in [0.2, 0.25) is 0 Å². The highest BCUT2D eigenvalue weighted by atomic mass is 32.1. The first-order valence-electron chi connectivity index (χ1n) is 10.1. The van der Waals surface area contributed by atoms with Crippen molar-refractivity contribution in [1.29, 1.82) is 0 Å². The van der Waals surface area contributed by atoms with Crippen LogP contribution in [0, 0.1) is 6.92 Å². The third-order valence-corrected chi connectivity index (χ3v) is 6.91. The monoisotopic (exact) mass is 466 g/mol. The molecule has 1 amide bonds. The number of thiophene rings is 1. The van der Waals surface area contributed by atoms with Gasteiger partial charge in [-0.15, -0.1) is 22.7 Å². The summed E-state index contributed by atoms with van der Waals surface area (Å²) in [5.74, 6) is 0.592. The maximum Gasteiger partial charge on any atom is 0.263 e. The minimum absolute atomic E-state index is 0.174. The molecule has 0 radical (unpaired) electrons. The Balaban J connectivity index is 1.37. The lowest BCUT2D eigenvalue weighted by atomic mass is 10.1. The second kappa shape index (κ2) is 9.88. The van der Waals surface area contributed by atoms with Crippen LogP contribution < -0.4 is 15.6 Å². The number of carbonyl (C=O) groups is 1. The molecule has 1 aromatic carbocycles. The van der Waals surface area contributed by atoms with Crippen molar-refractivity contribution in [2.45, 2.75) is 20.4 Å². The van der Waals surface area contributed by atoms with E-state index in [4.69, 9.17) is 4.74 Å². The van der Waals surface area contributed by atoms with Crippen molar-refractivity contribution >= 4 is 28.6 Å². The lowest BCUT2D eigenvalue weighted by molar-refractivity contribution is 0.0955. The fraction of sp³-hybridized carbons (Fsp3) is 0.217. The number of nitrogens with zero attached hydrogens (tertiary/aromatic N) is 3. The highest BCUT2D eigenvalue weighted by Gasteiger charge is 2.16. The number of nitrogens with one attached hydrogen (secondary N) is 1. The molecular weight excluding hydrogens is 444 g/mol. The summed E-state index contributed by atoms with van der Waals surface area (Å²) in [4.78, 5) is 35.6. The van der Waals surface area contributed by atoms with Crippen molar-refractivity contribution in [3.8, 4) is 26.9 Å². The first kappa shape index (κ1) is 21.9. The van der Waals surface area contributed by atoms with Gasteiger partial charge in [0.1, 0.15) is 15.6 Å². The van der Waals surface area contributed by atoms with Crippen molar-refractivity contribution < 1.29 is 9.53 Å². The Labute approximate surface area is 193 Å². The second-order valence-corrected chi connectivity index (χ2v) is 8.88. The minimum atomic E-state index is -0.185. The van der Waals surface area contributed by atoms with Crippen LogP contribution in [0.3, 0.4) is 0 Å². The third kappa shape index (κ3) is 4.95. The minimum Gasteiger partial charge on any atom is -0.494 e. The quantitative estimate of drug-likeness (QED) is 0.420. The molecule has 0 saturated carbocycles. The summed E-state index contributed by atoms with van der Waals surface area (Å²) in [7, 11) is 0. The molecule has 0 aliphatic heterocycles. The SMILES string of the molecule is CCOc1ccc(-c2cc(=O)n(CCNC(=O)c3sc(-c4cccs4)nc3C)cn2)cc1. The van der Waals surface area contributed by atoms with Crippen molar-refractivity contribution in [2.24, 2.45) is 0 Å². The molecule has 0 spiro atoms. The van der Waals surface area contributed by atoms with E-state index in [0.717, 1.165) is 21.2 Å². The van der Waals surface area contributed by atoms with E-state index in [1.807, 2.05) is 55.6 Å². The molecule has 3 aromatic heterocycles. The molecule has 164 valence electrons. The lowest BCUT2D eigenvalue weighted by Crippen LogP contribution is -2.30. The van der Waals surface area contributed by atoms with Crippen molar-refractivity contribution in [2.75, 3.05) is 13.2 Å². The Bertz CT molecular complexity index is 1260. The summed E-state index contributed by atoms with van der Waals surface area (Å²) >= 11 is 2.97. The lowest BCUT2D eigenvalue weighted by Gasteiger charge is -2.08. The molecule has 4 aromatic rings. The number of hydrogen-bond donors (Lipinski definition) is 1. The molecule has 0 aliphatic carbocycles. The Morgan fingerprint density at radius 2 is 2.03 bits per heavy atom. The number of aromatic nitrogens is 3. The van der Waals surface area contributed by atoms with E-state index >= 15 is 0 Å². The number of benzene rings is 1. The maximum atomic E-state index is 12.6. The summed E-state index contributed by atoms with van der Waals surface area (Å²) in [6.07, 6.45) is 1.51. The fourth-order valence-electron chi connectivity index (χ4n) is 3.12. The van der Waals surface area contributed by atoms with Crippen LogP contribution in [0.4, 0.5) is 0 Å². The molecule has 0 bridgehead atoms. The zero-order valence-corrected chi connectivity index (χ0v) is 19.3. The van der Waals surface area contributed by atoms with Gasteiger partial charge in [-0.3, -0.25) is 14.2 Å². The largest absolute Gasteiger partial charge is 0.494 e. The maximum absolute atomic E-state index is 12.6. The molecule has 0 atom stereocenters. The number of rotatable bonds is 8. The summed E-state index contributed by atoms with van der Waals surface area (Å²) in [6.45, 7) is 5.00. The average Bonchev–Trinajstić information content (AvgIpc) is 3.45. The molecule has 3 heterocycles. The highest BCUT2D eigenvalue weighted by molar-refractivity contribution is 7.22. The van der Waals surface area contributed by atoms with Gasteiger partial charge in [0, 0.05) is 24.7 Å². The van der Waals surface area contributed by atoms with E-state index in [9.17, 15) is 9.59 Å². The topological polar surface area (TPSA) is 86.1 Å². The molecule has 32 heavy (non-hydrogen) atoms. The molecule has 4 rings (SSSR count). The Kier molecular flexibility index (Phi) is 6.77. The van der Waals surface area contributed by atoms with E-state index in [1.54, 1.807) is 11.3 Å². The predicted molar refractivity (Wildman–Crippen MR) is 128 cm³/mol. The van der Waals surface area contributed by atoms with Crippen LogP contribution in [-0.4, -0.2) is 33.6 Å². The molecule has 0 saturated heterocycles. The number of aryl methyl sites for hydroxylation is 1. The van der Waals surface area contributed by atoms with Crippen LogP contribution in [0.2, 0.25) is 0 Å². The Morgan fingerprint density at radius 1 is 1.22 bits per heavy atom. The van der Waals surface area contributed by atoms with E-state index in [1.165, 1.54) is 28.3 Å². The number of ether oxygens (including phenoxy) is 1. The highest BCUT2D eigenvalue weighted by Crippen LogP contribution is 2.30. The molecule has 9 heteroatoms. The predicted octanol–water partition coefficient (Wildman–Crippen LogP) is 4.23. The summed E-state index contributed by atoms with van der Waals surface area (Å²) < 4.78 is 6.92. The van der Waals surface area contributed by atoms with Crippen LogP contribution in [0.5, 0.6) is 5.75 Å². The first-order chi connectivity index (χ1) is 15.5. The van der Waals surface area contributed by atoms with Crippen molar-refractivity contribution in [3.05, 3.63) is 75.1 Å². The van der Waals surface area contributed by atoms with Gasteiger partial charge in [-0.2, -0.15) is 0 Å². The van der Waals surface area contributed by atoms with Gasteiger partial charge in [0.15, 0.2) is 0 Å². The van der Waals surface area contributed by atoms with Gasteiger partial charge in [-0.05, 0) is 49.6 Å². The first-order valence-corrected chi connectivity index (χ1v) is 11.8. The normalized spacial score (nSPS) is 10.8. The zero-order chi connectivity index (χ0) is 22.5. The van der Waals surface area contributed by atoms with Crippen molar-refractivity contribution in [1.82, 2.24) is 19.9 Å². The van der Waals surface area contributed by atoms with Crippen molar-refractivity contribution in [3.63, 3.8) is 0 Å². The van der Waals surface area contributed by atoms with E-state index in [2.05, 4.69) is 15.3 Å². The molecule has 0 aliphatic rings. The van der Waals surface area contributed by atoms with Gasteiger partial charge in [-0.1, -0.05) is 6.07 Å². The second-order valence-electron chi connectivity index (χ2n) is 6.93. The molecule has 0 fully saturated rings. The van der Waals surface area contributed by atoms with Crippen LogP contribution in [-0.2, 0) is 6.54 Å². The molecule has 7 nitrogen and oxygen atoms in total. The molecule has 0 unspecified atom stereocenters. The van der Waals surface area contributed by atoms with E-state index < -0.39 is 0 Å². The van der Waals surface area contributed by atoms with E-state index in [-0.39, 0.29) is 11.5 Å². The Hall–Kier alpha value is -3.30. The summed E-state index contributed by atoms with van der Waals surface area (Å²) in [5, 5.41) is 5.70. The van der Waals surface area contributed by atoms with Gasteiger partial charge >= 0.3 is 0 Å².